The minimum Gasteiger partial charge on any atom is -0.439 e. The molecule has 82 valence electrons. The zero-order valence-electron chi connectivity index (χ0n) is 9.07. The number of benzene rings is 1. The molecule has 0 fully saturated rings. The molecule has 2 aromatic rings. The van der Waals surface area contributed by atoms with Gasteiger partial charge in [0.25, 0.3) is 0 Å². The van der Waals surface area contributed by atoms with E-state index < -0.39 is 0 Å². The summed E-state index contributed by atoms with van der Waals surface area (Å²) in [5.41, 5.74) is 1.37. The van der Waals surface area contributed by atoms with Crippen molar-refractivity contribution in [3.8, 4) is 11.6 Å². The summed E-state index contributed by atoms with van der Waals surface area (Å²) >= 11 is 0. The van der Waals surface area contributed by atoms with Gasteiger partial charge in [-0.05, 0) is 37.6 Å². The normalized spacial score (nSPS) is 10.2. The van der Waals surface area contributed by atoms with Crippen molar-refractivity contribution in [1.29, 1.82) is 0 Å². The number of rotatable bonds is 2. The second-order valence-corrected chi connectivity index (χ2v) is 3.51. The Bertz CT molecular complexity index is 514. The van der Waals surface area contributed by atoms with Crippen molar-refractivity contribution in [3.63, 3.8) is 0 Å². The number of hydrogen-bond acceptors (Lipinski definition) is 3. The molecule has 1 heterocycles. The van der Waals surface area contributed by atoms with Gasteiger partial charge in [-0.25, -0.2) is 14.4 Å². The molecule has 0 N–H and O–H groups in total. The average Bonchev–Trinajstić information content (AvgIpc) is 2.24. The lowest BCUT2D eigenvalue weighted by Gasteiger charge is -2.05. The van der Waals surface area contributed by atoms with Crippen LogP contribution in [0.2, 0.25) is 0 Å². The largest absolute Gasteiger partial charge is 0.439 e. The summed E-state index contributed by atoms with van der Waals surface area (Å²) < 4.78 is 18.5. The molecule has 3 nitrogen and oxygen atoms in total. The highest BCUT2D eigenvalue weighted by molar-refractivity contribution is 5.31. The van der Waals surface area contributed by atoms with Gasteiger partial charge in [0.05, 0.1) is 0 Å². The third-order valence-electron chi connectivity index (χ3n) is 2.13. The molecule has 0 unspecified atom stereocenters. The number of halogens is 1. The number of hydrogen-bond donors (Lipinski definition) is 0. The number of nitrogens with zero attached hydrogens (tertiary/aromatic N) is 2. The second-order valence-electron chi connectivity index (χ2n) is 3.51. The first-order chi connectivity index (χ1) is 7.65. The Kier molecular flexibility index (Phi) is 2.81. The summed E-state index contributed by atoms with van der Waals surface area (Å²) in [6.45, 7) is 3.54. The molecule has 0 aliphatic carbocycles. The third-order valence-corrected chi connectivity index (χ3v) is 2.13. The Hall–Kier alpha value is -1.97. The first-order valence-electron chi connectivity index (χ1n) is 4.88. The lowest BCUT2D eigenvalue weighted by atomic mass is 10.2. The van der Waals surface area contributed by atoms with Gasteiger partial charge >= 0.3 is 0 Å². The summed E-state index contributed by atoms with van der Waals surface area (Å²) in [5, 5.41) is 0. The molecule has 0 bridgehead atoms. The van der Waals surface area contributed by atoms with E-state index in [1.54, 1.807) is 25.1 Å². The minimum atomic E-state index is -0.244. The van der Waals surface area contributed by atoms with Crippen LogP contribution in [0.1, 0.15) is 11.3 Å². The quantitative estimate of drug-likeness (QED) is 0.777. The van der Waals surface area contributed by atoms with Gasteiger partial charge in [0, 0.05) is 11.8 Å². The molecule has 16 heavy (non-hydrogen) atoms. The highest BCUT2D eigenvalue weighted by Crippen LogP contribution is 2.21. The Labute approximate surface area is 92.9 Å². The van der Waals surface area contributed by atoms with E-state index in [4.69, 9.17) is 4.74 Å². The van der Waals surface area contributed by atoms with Crippen LogP contribution in [0.15, 0.2) is 30.6 Å². The van der Waals surface area contributed by atoms with Crippen molar-refractivity contribution >= 4 is 0 Å². The fourth-order valence-electron chi connectivity index (χ4n) is 1.29. The zero-order valence-corrected chi connectivity index (χ0v) is 9.07. The van der Waals surface area contributed by atoms with Crippen LogP contribution in [-0.4, -0.2) is 9.97 Å². The van der Waals surface area contributed by atoms with Crippen LogP contribution < -0.4 is 4.74 Å². The standard InChI is InChI=1S/C12H11FN2O/c1-8-5-10(3-4-11(8)13)16-12-6-9(2)14-7-15-12/h3-7H,1-2H3. The summed E-state index contributed by atoms with van der Waals surface area (Å²) in [7, 11) is 0. The minimum absolute atomic E-state index is 0.244. The van der Waals surface area contributed by atoms with Gasteiger partial charge < -0.3 is 4.74 Å². The van der Waals surface area contributed by atoms with E-state index in [1.807, 2.05) is 6.92 Å². The molecule has 1 aromatic heterocycles. The topological polar surface area (TPSA) is 35.0 Å². The predicted molar refractivity (Wildman–Crippen MR) is 58.0 cm³/mol. The van der Waals surface area contributed by atoms with E-state index in [2.05, 4.69) is 9.97 Å². The van der Waals surface area contributed by atoms with E-state index >= 15 is 0 Å². The molecule has 0 atom stereocenters. The van der Waals surface area contributed by atoms with E-state index in [0.29, 0.717) is 17.2 Å². The van der Waals surface area contributed by atoms with Crippen LogP contribution in [0, 0.1) is 19.7 Å². The van der Waals surface area contributed by atoms with Crippen LogP contribution in [0.3, 0.4) is 0 Å². The van der Waals surface area contributed by atoms with Crippen molar-refractivity contribution in [2.75, 3.05) is 0 Å². The lowest BCUT2D eigenvalue weighted by molar-refractivity contribution is 0.458. The van der Waals surface area contributed by atoms with Gasteiger partial charge in [-0.1, -0.05) is 0 Å². The molecule has 2 rings (SSSR count). The van der Waals surface area contributed by atoms with Gasteiger partial charge in [-0.3, -0.25) is 0 Å². The monoisotopic (exact) mass is 218 g/mol. The molecule has 0 aliphatic rings. The SMILES string of the molecule is Cc1cc(Oc2ccc(F)c(C)c2)ncn1. The van der Waals surface area contributed by atoms with Crippen molar-refractivity contribution in [1.82, 2.24) is 9.97 Å². The van der Waals surface area contributed by atoms with Gasteiger partial charge in [0.1, 0.15) is 17.9 Å². The van der Waals surface area contributed by atoms with E-state index in [9.17, 15) is 4.39 Å². The second kappa shape index (κ2) is 4.26. The van der Waals surface area contributed by atoms with Gasteiger partial charge in [-0.15, -0.1) is 0 Å². The Morgan fingerprint density at radius 1 is 1.12 bits per heavy atom. The van der Waals surface area contributed by atoms with Crippen LogP contribution >= 0.6 is 0 Å². The molecule has 0 spiro atoms. The highest BCUT2D eigenvalue weighted by Gasteiger charge is 2.02. The predicted octanol–water partition coefficient (Wildman–Crippen LogP) is 3.02. The Morgan fingerprint density at radius 3 is 2.62 bits per heavy atom. The van der Waals surface area contributed by atoms with Crippen molar-refractivity contribution in [3.05, 3.63) is 47.7 Å². The Balaban J connectivity index is 2.24. The lowest BCUT2D eigenvalue weighted by Crippen LogP contribution is -1.91. The van der Waals surface area contributed by atoms with Crippen molar-refractivity contribution in [2.45, 2.75) is 13.8 Å². The first-order valence-corrected chi connectivity index (χ1v) is 4.88. The molecular weight excluding hydrogens is 207 g/mol. The molecule has 1 aromatic carbocycles. The maximum Gasteiger partial charge on any atom is 0.222 e. The molecule has 4 heteroatoms. The third kappa shape index (κ3) is 2.34. The molecule has 0 radical (unpaired) electrons. The summed E-state index contributed by atoms with van der Waals surface area (Å²) in [6, 6.07) is 6.30. The maximum atomic E-state index is 13.0. The summed E-state index contributed by atoms with van der Waals surface area (Å²) in [5.74, 6) is 0.779. The van der Waals surface area contributed by atoms with E-state index in [0.717, 1.165) is 5.69 Å². The molecule has 0 amide bonds. The van der Waals surface area contributed by atoms with Crippen LogP contribution in [0.4, 0.5) is 4.39 Å². The van der Waals surface area contributed by atoms with E-state index in [-0.39, 0.29) is 5.82 Å². The highest BCUT2D eigenvalue weighted by atomic mass is 19.1. The smallest absolute Gasteiger partial charge is 0.222 e. The first kappa shape index (κ1) is 10.5. The van der Waals surface area contributed by atoms with Crippen molar-refractivity contribution in [2.24, 2.45) is 0 Å². The summed E-state index contributed by atoms with van der Waals surface area (Å²) in [4.78, 5) is 7.92. The molecule has 0 saturated heterocycles. The summed E-state index contributed by atoms with van der Waals surface area (Å²) in [6.07, 6.45) is 1.43. The van der Waals surface area contributed by atoms with Crippen molar-refractivity contribution < 1.29 is 9.13 Å². The van der Waals surface area contributed by atoms with Crippen LogP contribution in [0.5, 0.6) is 11.6 Å². The Morgan fingerprint density at radius 2 is 1.94 bits per heavy atom. The van der Waals surface area contributed by atoms with Crippen LogP contribution in [-0.2, 0) is 0 Å². The maximum absolute atomic E-state index is 13.0. The number of aryl methyl sites for hydroxylation is 2. The molecule has 0 saturated carbocycles. The zero-order chi connectivity index (χ0) is 11.5. The fraction of sp³-hybridized carbons (Fsp3) is 0.167. The van der Waals surface area contributed by atoms with E-state index in [1.165, 1.54) is 12.4 Å². The number of ether oxygens (including phenoxy) is 1. The fourth-order valence-corrected chi connectivity index (χ4v) is 1.29. The molecule has 0 aliphatic heterocycles. The molecular formula is C12H11FN2O. The number of aromatic nitrogens is 2. The van der Waals surface area contributed by atoms with Crippen LogP contribution in [0.25, 0.3) is 0 Å². The van der Waals surface area contributed by atoms with Gasteiger partial charge in [0.2, 0.25) is 5.88 Å². The van der Waals surface area contributed by atoms with Gasteiger partial charge in [-0.2, -0.15) is 0 Å². The average molecular weight is 218 g/mol. The van der Waals surface area contributed by atoms with Gasteiger partial charge in [0.15, 0.2) is 0 Å².